The summed E-state index contributed by atoms with van der Waals surface area (Å²) in [5.74, 6) is -0.297. The Morgan fingerprint density at radius 1 is 1.24 bits per heavy atom. The van der Waals surface area contributed by atoms with Gasteiger partial charge < -0.3 is 9.84 Å². The molecule has 1 aliphatic carbocycles. The molecule has 2 aliphatic heterocycles. The lowest BCUT2D eigenvalue weighted by molar-refractivity contribution is -0.138. The molecule has 174 valence electrons. The van der Waals surface area contributed by atoms with Crippen LogP contribution in [0.4, 0.5) is 5.69 Å². The third-order valence-corrected chi connectivity index (χ3v) is 6.11. The Balaban J connectivity index is 1.54. The zero-order valence-electron chi connectivity index (χ0n) is 19.4. The highest BCUT2D eigenvalue weighted by Crippen LogP contribution is 2.40. The van der Waals surface area contributed by atoms with Crippen molar-refractivity contribution in [2.24, 2.45) is 15.2 Å². The van der Waals surface area contributed by atoms with Gasteiger partial charge in [0.25, 0.3) is 0 Å². The molecule has 0 bridgehead atoms. The van der Waals surface area contributed by atoms with Gasteiger partial charge in [-0.05, 0) is 50.1 Å². The normalized spacial score (nSPS) is 23.6. The smallest absolute Gasteiger partial charge is 0.334 e. The molecule has 0 aromatic heterocycles. The van der Waals surface area contributed by atoms with Gasteiger partial charge in [0, 0.05) is 17.6 Å². The number of carbonyl (C=O) groups excluding carboxylic acids is 1. The number of aliphatic hydroxyl groups excluding tert-OH is 1. The Morgan fingerprint density at radius 3 is 2.76 bits per heavy atom. The number of hydrazine groups is 1. The molecule has 2 aromatic carbocycles. The molecule has 34 heavy (non-hydrogen) atoms. The summed E-state index contributed by atoms with van der Waals surface area (Å²) in [6, 6.07) is 15.0. The number of hydrogen-bond donors (Lipinski definition) is 2. The van der Waals surface area contributed by atoms with Gasteiger partial charge in [0.05, 0.1) is 23.7 Å². The molecule has 8 nitrogen and oxygen atoms in total. The summed E-state index contributed by atoms with van der Waals surface area (Å²) >= 11 is 0. The van der Waals surface area contributed by atoms with Crippen molar-refractivity contribution < 1.29 is 14.6 Å². The Morgan fingerprint density at radius 2 is 2.03 bits per heavy atom. The molecule has 3 atom stereocenters. The lowest BCUT2D eigenvalue weighted by Crippen LogP contribution is -2.40. The summed E-state index contributed by atoms with van der Waals surface area (Å²) < 4.78 is 5.17. The molecule has 2 aromatic rings. The van der Waals surface area contributed by atoms with Crippen LogP contribution in [0.5, 0.6) is 0 Å². The molecular weight excluding hydrogens is 430 g/mol. The van der Waals surface area contributed by atoms with Crippen LogP contribution in [0.25, 0.3) is 5.70 Å². The zero-order chi connectivity index (χ0) is 23.8. The number of nitrogens with one attached hydrogen (secondary N) is 1. The second kappa shape index (κ2) is 8.96. The van der Waals surface area contributed by atoms with Gasteiger partial charge >= 0.3 is 5.97 Å². The Hall–Kier alpha value is -3.62. The van der Waals surface area contributed by atoms with E-state index in [1.54, 1.807) is 6.92 Å². The van der Waals surface area contributed by atoms with E-state index in [9.17, 15) is 9.90 Å². The van der Waals surface area contributed by atoms with Gasteiger partial charge in [0.15, 0.2) is 12.2 Å². The third kappa shape index (κ3) is 4.18. The number of allylic oxidation sites excluding steroid dienone is 2. The van der Waals surface area contributed by atoms with E-state index in [4.69, 9.17) is 9.73 Å². The third-order valence-electron chi connectivity index (χ3n) is 6.11. The second-order valence-corrected chi connectivity index (χ2v) is 8.62. The van der Waals surface area contributed by atoms with E-state index in [2.05, 4.69) is 47.7 Å². The second-order valence-electron chi connectivity index (χ2n) is 8.62. The highest BCUT2D eigenvalue weighted by atomic mass is 16.5. The van der Waals surface area contributed by atoms with E-state index in [1.165, 1.54) is 5.56 Å². The van der Waals surface area contributed by atoms with E-state index in [0.29, 0.717) is 24.3 Å². The molecule has 8 heteroatoms. The fourth-order valence-corrected chi connectivity index (χ4v) is 4.35. The van der Waals surface area contributed by atoms with Crippen LogP contribution < -0.4 is 5.43 Å². The Kier molecular flexibility index (Phi) is 5.85. The molecule has 0 spiro atoms. The summed E-state index contributed by atoms with van der Waals surface area (Å²) in [6.07, 6.45) is 1.03. The molecular formula is C26H27N5O3. The van der Waals surface area contributed by atoms with Crippen molar-refractivity contribution in [1.82, 2.24) is 10.4 Å². The number of aliphatic hydroxyl groups is 1. The first kappa shape index (κ1) is 22.2. The zero-order valence-corrected chi connectivity index (χ0v) is 19.4. The van der Waals surface area contributed by atoms with Crippen LogP contribution in [0.3, 0.4) is 0 Å². The number of carbonyl (C=O) groups is 1. The largest absolute Gasteiger partial charge is 0.463 e. The van der Waals surface area contributed by atoms with Gasteiger partial charge in [-0.25, -0.2) is 10.2 Å². The quantitative estimate of drug-likeness (QED) is 0.505. The van der Waals surface area contributed by atoms with Gasteiger partial charge in [-0.1, -0.05) is 42.0 Å². The minimum absolute atomic E-state index is 0.297. The fraction of sp³-hybridized carbons (Fsp3) is 0.308. The van der Waals surface area contributed by atoms with Crippen molar-refractivity contribution in [3.05, 3.63) is 82.4 Å². The molecule has 3 aliphatic rings. The highest BCUT2D eigenvalue weighted by Gasteiger charge is 2.46. The molecule has 1 saturated heterocycles. The summed E-state index contributed by atoms with van der Waals surface area (Å²) in [6.45, 7) is 6.24. The number of fused-ring (bicyclic) bond motifs is 1. The molecule has 0 radical (unpaired) electrons. The van der Waals surface area contributed by atoms with Gasteiger partial charge in [0.2, 0.25) is 0 Å². The number of hydrogen-bond acceptors (Lipinski definition) is 8. The average molecular weight is 458 g/mol. The van der Waals surface area contributed by atoms with Crippen molar-refractivity contribution in [2.75, 3.05) is 6.61 Å². The van der Waals surface area contributed by atoms with Crippen LogP contribution in [-0.2, 0) is 9.53 Å². The monoisotopic (exact) mass is 457 g/mol. The Labute approximate surface area is 198 Å². The molecule has 5 rings (SSSR count). The van der Waals surface area contributed by atoms with Crippen LogP contribution in [0, 0.1) is 13.8 Å². The SMILES string of the molecule is CCOC(=O)C1=C(C2=NC3C(N=Nc4ccccc4)C(O)NN3C(c3ccc(C)cc3C)=C2)C1. The van der Waals surface area contributed by atoms with Crippen LogP contribution in [-0.4, -0.2) is 46.8 Å². The van der Waals surface area contributed by atoms with E-state index in [1.807, 2.05) is 41.4 Å². The van der Waals surface area contributed by atoms with Crippen molar-refractivity contribution in [2.45, 2.75) is 45.6 Å². The number of rotatable bonds is 6. The molecule has 0 amide bonds. The minimum Gasteiger partial charge on any atom is -0.463 e. The van der Waals surface area contributed by atoms with Crippen LogP contribution >= 0.6 is 0 Å². The number of ether oxygens (including phenoxy) is 1. The minimum atomic E-state index is -0.965. The van der Waals surface area contributed by atoms with E-state index < -0.39 is 18.4 Å². The van der Waals surface area contributed by atoms with Gasteiger partial charge in [-0.2, -0.15) is 10.2 Å². The van der Waals surface area contributed by atoms with E-state index in [-0.39, 0.29) is 5.97 Å². The lowest BCUT2D eigenvalue weighted by atomic mass is 9.99. The number of esters is 1. The molecule has 2 N–H and O–H groups in total. The van der Waals surface area contributed by atoms with Crippen molar-refractivity contribution >= 4 is 23.1 Å². The number of benzene rings is 2. The maximum Gasteiger partial charge on any atom is 0.334 e. The average Bonchev–Trinajstić information content (AvgIpc) is 3.56. The topological polar surface area (TPSA) is 98.9 Å². The molecule has 1 fully saturated rings. The van der Waals surface area contributed by atoms with Crippen LogP contribution in [0.15, 0.2) is 81.0 Å². The van der Waals surface area contributed by atoms with Crippen LogP contribution in [0.1, 0.15) is 30.0 Å². The number of azo groups is 1. The fourth-order valence-electron chi connectivity index (χ4n) is 4.35. The number of aryl methyl sites for hydroxylation is 2. The van der Waals surface area contributed by atoms with Gasteiger partial charge in [-0.15, -0.1) is 0 Å². The van der Waals surface area contributed by atoms with E-state index >= 15 is 0 Å². The summed E-state index contributed by atoms with van der Waals surface area (Å²) in [5, 5.41) is 21.5. The summed E-state index contributed by atoms with van der Waals surface area (Å²) in [4.78, 5) is 17.1. The summed E-state index contributed by atoms with van der Waals surface area (Å²) in [5.41, 5.74) is 10.2. The molecule has 3 unspecified atom stereocenters. The molecule has 0 saturated carbocycles. The predicted molar refractivity (Wildman–Crippen MR) is 129 cm³/mol. The Bertz CT molecular complexity index is 1250. The predicted octanol–water partition coefficient (Wildman–Crippen LogP) is 3.98. The first-order chi connectivity index (χ1) is 16.5. The maximum atomic E-state index is 12.3. The number of aliphatic imine (C=N–C) groups is 1. The van der Waals surface area contributed by atoms with Crippen molar-refractivity contribution in [3.63, 3.8) is 0 Å². The molecule has 2 heterocycles. The maximum absolute atomic E-state index is 12.3. The van der Waals surface area contributed by atoms with Crippen LogP contribution in [0.2, 0.25) is 0 Å². The lowest BCUT2D eigenvalue weighted by Gasteiger charge is -2.31. The van der Waals surface area contributed by atoms with Gasteiger partial charge in [-0.3, -0.25) is 10.0 Å². The first-order valence-corrected chi connectivity index (χ1v) is 11.4. The van der Waals surface area contributed by atoms with Crippen molar-refractivity contribution in [1.29, 1.82) is 0 Å². The van der Waals surface area contributed by atoms with Crippen molar-refractivity contribution in [3.8, 4) is 0 Å². The first-order valence-electron chi connectivity index (χ1n) is 11.4. The standard InChI is InChI=1S/C26H27N5O3/c1-4-34-26(33)20-13-19(20)21-14-22(18-11-10-15(2)12-16(18)3)31-24(27-21)23(25(32)30-31)29-28-17-8-6-5-7-9-17/h5-12,14,23-25,30,32H,4,13H2,1-3H3. The number of nitrogens with zero attached hydrogens (tertiary/aromatic N) is 4. The van der Waals surface area contributed by atoms with E-state index in [0.717, 1.165) is 28.1 Å². The highest BCUT2D eigenvalue weighted by molar-refractivity contribution is 6.21. The van der Waals surface area contributed by atoms with Gasteiger partial charge in [0.1, 0.15) is 6.23 Å². The summed E-state index contributed by atoms with van der Waals surface area (Å²) in [7, 11) is 0.